The van der Waals surface area contributed by atoms with E-state index < -0.39 is 28.2 Å². The average Bonchev–Trinajstić information content (AvgIpc) is 3.24. The van der Waals surface area contributed by atoms with Gasteiger partial charge in [-0.3, -0.25) is 4.79 Å². The van der Waals surface area contributed by atoms with Crippen LogP contribution in [0.5, 0.6) is 5.75 Å². The van der Waals surface area contributed by atoms with Crippen LogP contribution in [-0.2, 0) is 14.8 Å². The number of ether oxygens (including phenoxy) is 1. The number of carbonyl (C=O) groups is 1. The summed E-state index contributed by atoms with van der Waals surface area (Å²) in [5.41, 5.74) is 0. The number of thioether (sulfide) groups is 1. The fourth-order valence-electron chi connectivity index (χ4n) is 2.50. The van der Waals surface area contributed by atoms with Gasteiger partial charge in [-0.25, -0.2) is 8.42 Å². The summed E-state index contributed by atoms with van der Waals surface area (Å²) in [5.74, 6) is 0.0723. The number of nitrogens with one attached hydrogen (secondary N) is 1. The van der Waals surface area contributed by atoms with E-state index in [0.29, 0.717) is 18.2 Å². The van der Waals surface area contributed by atoms with Crippen LogP contribution in [0.2, 0.25) is 0 Å². The van der Waals surface area contributed by atoms with E-state index in [-0.39, 0.29) is 16.7 Å². The summed E-state index contributed by atoms with van der Waals surface area (Å²) in [6.45, 7) is 0.539. The molecule has 6 nitrogen and oxygen atoms in total. The largest absolute Gasteiger partial charge is 0.573 e. The number of sulfonamides is 1. The van der Waals surface area contributed by atoms with Crippen LogP contribution in [0.15, 0.2) is 29.2 Å². The van der Waals surface area contributed by atoms with Crippen LogP contribution in [-0.4, -0.2) is 49.2 Å². The fraction of sp³-hybridized carbons (Fsp3) is 0.533. The molecule has 1 heterocycles. The molecule has 1 aliphatic carbocycles. The predicted octanol–water partition coefficient (Wildman–Crippen LogP) is 2.17. The zero-order chi connectivity index (χ0) is 18.9. The van der Waals surface area contributed by atoms with Gasteiger partial charge < -0.3 is 10.1 Å². The van der Waals surface area contributed by atoms with Crippen molar-refractivity contribution in [3.8, 4) is 5.75 Å². The third kappa shape index (κ3) is 4.63. The smallest absolute Gasteiger partial charge is 0.406 e. The van der Waals surface area contributed by atoms with Gasteiger partial charge in [0.05, 0.1) is 10.8 Å². The van der Waals surface area contributed by atoms with Gasteiger partial charge in [-0.1, -0.05) is 0 Å². The van der Waals surface area contributed by atoms with Crippen molar-refractivity contribution in [2.75, 3.05) is 18.2 Å². The Bertz CT molecular complexity index is 764. The van der Waals surface area contributed by atoms with E-state index in [0.717, 1.165) is 41.4 Å². The Morgan fingerprint density at radius 3 is 2.50 bits per heavy atom. The van der Waals surface area contributed by atoms with Gasteiger partial charge >= 0.3 is 6.36 Å². The quantitative estimate of drug-likeness (QED) is 0.778. The van der Waals surface area contributed by atoms with Gasteiger partial charge in [0.1, 0.15) is 11.8 Å². The van der Waals surface area contributed by atoms with Gasteiger partial charge in [0.25, 0.3) is 0 Å². The van der Waals surface area contributed by atoms with Crippen molar-refractivity contribution in [3.63, 3.8) is 0 Å². The molecule has 1 unspecified atom stereocenters. The molecule has 1 aromatic carbocycles. The van der Waals surface area contributed by atoms with Gasteiger partial charge in [0.15, 0.2) is 0 Å². The maximum atomic E-state index is 12.8. The van der Waals surface area contributed by atoms with Crippen molar-refractivity contribution in [2.24, 2.45) is 5.92 Å². The maximum Gasteiger partial charge on any atom is 0.573 e. The molecule has 0 bridgehead atoms. The molecule has 1 atom stereocenters. The molecule has 3 rings (SSSR count). The minimum Gasteiger partial charge on any atom is -0.406 e. The van der Waals surface area contributed by atoms with Crippen molar-refractivity contribution >= 4 is 27.7 Å². The molecule has 11 heteroatoms. The first-order valence-electron chi connectivity index (χ1n) is 7.90. The van der Waals surface area contributed by atoms with Crippen LogP contribution in [0.25, 0.3) is 0 Å². The molecule has 1 saturated heterocycles. The Morgan fingerprint density at radius 2 is 1.92 bits per heavy atom. The van der Waals surface area contributed by atoms with E-state index in [1.807, 2.05) is 0 Å². The standard InChI is InChI=1S/C15H17F3N2O4S2/c16-15(17,18)24-11-3-5-12(6-4-11)26(22,23)20-9-25-8-13(20)14(21)19-7-10-1-2-10/h3-6,10,13H,1-2,7-9H2,(H,19,21). The Morgan fingerprint density at radius 1 is 1.27 bits per heavy atom. The molecule has 0 spiro atoms. The van der Waals surface area contributed by atoms with Crippen molar-refractivity contribution in [2.45, 2.75) is 30.1 Å². The van der Waals surface area contributed by atoms with E-state index in [1.165, 1.54) is 11.8 Å². The van der Waals surface area contributed by atoms with Crippen LogP contribution < -0.4 is 10.1 Å². The van der Waals surface area contributed by atoms with Crippen LogP contribution >= 0.6 is 11.8 Å². The molecule has 1 aliphatic heterocycles. The first kappa shape index (κ1) is 19.3. The number of nitrogens with zero attached hydrogens (tertiary/aromatic N) is 1. The summed E-state index contributed by atoms with van der Waals surface area (Å²) in [7, 11) is -4.00. The average molecular weight is 410 g/mol. The summed E-state index contributed by atoms with van der Waals surface area (Å²) in [4.78, 5) is 12.1. The SMILES string of the molecule is O=C(NCC1CC1)C1CSCN1S(=O)(=O)c1ccc(OC(F)(F)F)cc1. The Kier molecular flexibility index (Phi) is 5.40. The number of halogens is 3. The van der Waals surface area contributed by atoms with Gasteiger partial charge in [-0.2, -0.15) is 4.31 Å². The molecule has 0 radical (unpaired) electrons. The lowest BCUT2D eigenvalue weighted by molar-refractivity contribution is -0.274. The van der Waals surface area contributed by atoms with Crippen LogP contribution in [0.4, 0.5) is 13.2 Å². The molecule has 1 saturated carbocycles. The molecule has 144 valence electrons. The molecule has 1 amide bonds. The number of hydrogen-bond acceptors (Lipinski definition) is 5. The first-order chi connectivity index (χ1) is 12.2. The highest BCUT2D eigenvalue weighted by atomic mass is 32.2. The van der Waals surface area contributed by atoms with Crippen molar-refractivity contribution in [3.05, 3.63) is 24.3 Å². The second-order valence-electron chi connectivity index (χ2n) is 6.12. The summed E-state index contributed by atoms with van der Waals surface area (Å²) in [6.07, 6.45) is -2.72. The van der Waals surface area contributed by atoms with Crippen molar-refractivity contribution in [1.82, 2.24) is 9.62 Å². The molecular weight excluding hydrogens is 393 g/mol. The van der Waals surface area contributed by atoms with E-state index in [9.17, 15) is 26.4 Å². The van der Waals surface area contributed by atoms with E-state index in [1.54, 1.807) is 0 Å². The number of amides is 1. The number of alkyl halides is 3. The lowest BCUT2D eigenvalue weighted by Gasteiger charge is -2.22. The van der Waals surface area contributed by atoms with Crippen molar-refractivity contribution in [1.29, 1.82) is 0 Å². The monoisotopic (exact) mass is 410 g/mol. The van der Waals surface area contributed by atoms with Gasteiger partial charge in [0.2, 0.25) is 15.9 Å². The lowest BCUT2D eigenvalue weighted by atomic mass is 10.3. The second-order valence-corrected chi connectivity index (χ2v) is 9.01. The third-order valence-corrected chi connectivity index (χ3v) is 7.11. The zero-order valence-electron chi connectivity index (χ0n) is 13.5. The molecule has 2 aliphatic rings. The predicted molar refractivity (Wildman–Crippen MR) is 89.0 cm³/mol. The first-order valence-corrected chi connectivity index (χ1v) is 10.5. The molecule has 1 aromatic rings. The maximum absolute atomic E-state index is 12.8. The van der Waals surface area contributed by atoms with Crippen LogP contribution in [0, 0.1) is 5.92 Å². The second kappa shape index (κ2) is 7.28. The summed E-state index contributed by atoms with van der Waals surface area (Å²) in [5, 5.41) is 2.77. The van der Waals surface area contributed by atoms with Gasteiger partial charge in [0, 0.05) is 12.3 Å². The Labute approximate surface area is 153 Å². The topological polar surface area (TPSA) is 75.7 Å². The summed E-state index contributed by atoms with van der Waals surface area (Å²) < 4.78 is 67.0. The third-order valence-electron chi connectivity index (χ3n) is 4.07. The highest BCUT2D eigenvalue weighted by molar-refractivity contribution is 8.00. The zero-order valence-corrected chi connectivity index (χ0v) is 15.2. The van der Waals surface area contributed by atoms with Gasteiger partial charge in [-0.15, -0.1) is 24.9 Å². The molecule has 2 fully saturated rings. The molecular formula is C15H17F3N2O4S2. The number of benzene rings is 1. The minimum absolute atomic E-state index is 0.116. The number of hydrogen-bond donors (Lipinski definition) is 1. The van der Waals surface area contributed by atoms with E-state index >= 15 is 0 Å². The lowest BCUT2D eigenvalue weighted by Crippen LogP contribution is -2.47. The summed E-state index contributed by atoms with van der Waals surface area (Å²) in [6, 6.07) is 3.13. The van der Waals surface area contributed by atoms with Crippen LogP contribution in [0.3, 0.4) is 0 Å². The fourth-order valence-corrected chi connectivity index (χ4v) is 5.65. The Hall–Kier alpha value is -1.46. The highest BCUT2D eigenvalue weighted by Gasteiger charge is 2.40. The summed E-state index contributed by atoms with van der Waals surface area (Å²) >= 11 is 1.31. The molecule has 0 aromatic heterocycles. The van der Waals surface area contributed by atoms with Crippen molar-refractivity contribution < 1.29 is 31.1 Å². The normalized spacial score (nSPS) is 21.6. The highest BCUT2D eigenvalue weighted by Crippen LogP contribution is 2.31. The number of rotatable bonds is 6. The van der Waals surface area contributed by atoms with E-state index in [4.69, 9.17) is 0 Å². The molecule has 1 N–H and O–H groups in total. The number of carbonyl (C=O) groups excluding carboxylic acids is 1. The van der Waals surface area contributed by atoms with Gasteiger partial charge in [-0.05, 0) is 43.0 Å². The minimum atomic E-state index is -4.85. The molecule has 26 heavy (non-hydrogen) atoms. The van der Waals surface area contributed by atoms with Crippen LogP contribution in [0.1, 0.15) is 12.8 Å². The van der Waals surface area contributed by atoms with E-state index in [2.05, 4.69) is 10.1 Å². The Balaban J connectivity index is 1.72.